The van der Waals surface area contributed by atoms with Gasteiger partial charge in [0.05, 0.1) is 17.2 Å². The molecule has 1 aromatic rings. The van der Waals surface area contributed by atoms with Crippen molar-refractivity contribution in [3.05, 3.63) is 33.9 Å². The number of hydrogen-bond donors (Lipinski definition) is 1. The molecule has 0 aromatic heterocycles. The number of imide groups is 1. The molecule has 1 aromatic carbocycles. The fourth-order valence-electron chi connectivity index (χ4n) is 5.52. The number of urea groups is 1. The highest BCUT2D eigenvalue weighted by Crippen LogP contribution is 2.42. The minimum absolute atomic E-state index is 0.0368. The van der Waals surface area contributed by atoms with E-state index >= 15 is 0 Å². The maximum Gasteiger partial charge on any atom is 0.416 e. The summed E-state index contributed by atoms with van der Waals surface area (Å²) in [4.78, 5) is 41.5. The number of hydrogen-bond acceptors (Lipinski definition) is 6. The molecule has 3 aliphatic rings. The second kappa shape index (κ2) is 8.71. The molecular formula is C22H28F3N5O4. The minimum atomic E-state index is -4.67. The van der Waals surface area contributed by atoms with Crippen LogP contribution in [-0.4, -0.2) is 65.0 Å². The van der Waals surface area contributed by atoms with Crippen molar-refractivity contribution in [1.82, 2.24) is 15.1 Å². The predicted octanol–water partition coefficient (Wildman–Crippen LogP) is 3.44. The lowest BCUT2D eigenvalue weighted by Gasteiger charge is -2.42. The Bertz CT molecular complexity index is 983. The lowest BCUT2D eigenvalue weighted by Crippen LogP contribution is -2.59. The summed E-state index contributed by atoms with van der Waals surface area (Å²) in [6.07, 6.45) is -1.91. The molecule has 1 N–H and O–H groups in total. The van der Waals surface area contributed by atoms with E-state index in [2.05, 4.69) is 5.32 Å². The van der Waals surface area contributed by atoms with Crippen molar-refractivity contribution in [3.8, 4) is 0 Å². The molecule has 0 radical (unpaired) electrons. The lowest BCUT2D eigenvalue weighted by atomic mass is 9.67. The number of halogens is 3. The van der Waals surface area contributed by atoms with Crippen LogP contribution in [0.3, 0.4) is 0 Å². The summed E-state index contributed by atoms with van der Waals surface area (Å²) in [5.41, 5.74) is -2.42. The number of amides is 3. The largest absolute Gasteiger partial charge is 0.416 e. The van der Waals surface area contributed by atoms with Crippen molar-refractivity contribution in [3.63, 3.8) is 0 Å². The van der Waals surface area contributed by atoms with Crippen molar-refractivity contribution in [1.29, 1.82) is 0 Å². The van der Waals surface area contributed by atoms with Gasteiger partial charge in [-0.05, 0) is 36.8 Å². The Balaban J connectivity index is 1.44. The zero-order valence-electron chi connectivity index (χ0n) is 19.1. The van der Waals surface area contributed by atoms with E-state index in [1.165, 1.54) is 4.90 Å². The lowest BCUT2D eigenvalue weighted by molar-refractivity contribution is -0.384. The Morgan fingerprint density at radius 3 is 2.29 bits per heavy atom. The summed E-state index contributed by atoms with van der Waals surface area (Å²) in [6.45, 7) is 5.51. The fraction of sp³-hybridized carbons (Fsp3) is 0.636. The molecule has 2 aliphatic heterocycles. The standard InChI is InChI=1S/C22H28F3N5O4/c1-14-4-3-5-15(2)21(14)19(31)29(20(32)26-21)13-27-8-10-28(11-9-27)17-7-6-16(22(23,24)25)12-18(17)30(33)34/h6-7,12,14-15H,3-5,8-11,13H2,1-2H3,(H,26,32). The molecule has 34 heavy (non-hydrogen) atoms. The van der Waals surface area contributed by atoms with E-state index in [0.29, 0.717) is 32.2 Å². The third kappa shape index (κ3) is 4.08. The predicted molar refractivity (Wildman–Crippen MR) is 117 cm³/mol. The average molecular weight is 483 g/mol. The molecule has 1 saturated carbocycles. The summed E-state index contributed by atoms with van der Waals surface area (Å²) in [5, 5.41) is 14.4. The topological polar surface area (TPSA) is 99.0 Å². The van der Waals surface area contributed by atoms with Crippen LogP contribution >= 0.6 is 0 Å². The second-order valence-electron chi connectivity index (χ2n) is 9.47. The number of rotatable bonds is 4. The monoisotopic (exact) mass is 483 g/mol. The van der Waals surface area contributed by atoms with Crippen molar-refractivity contribution < 1.29 is 27.7 Å². The Morgan fingerprint density at radius 2 is 1.74 bits per heavy atom. The van der Waals surface area contributed by atoms with Gasteiger partial charge in [-0.1, -0.05) is 20.3 Å². The van der Waals surface area contributed by atoms with E-state index in [4.69, 9.17) is 0 Å². The zero-order valence-corrected chi connectivity index (χ0v) is 19.1. The van der Waals surface area contributed by atoms with Crippen LogP contribution < -0.4 is 10.2 Å². The van der Waals surface area contributed by atoms with E-state index < -0.39 is 33.9 Å². The third-order valence-electron chi connectivity index (χ3n) is 7.54. The Hall–Kier alpha value is -2.89. The first-order chi connectivity index (χ1) is 15.9. The highest BCUT2D eigenvalue weighted by Gasteiger charge is 2.58. The highest BCUT2D eigenvalue weighted by molar-refractivity contribution is 6.07. The molecule has 1 spiro atoms. The van der Waals surface area contributed by atoms with Gasteiger partial charge in [0.1, 0.15) is 11.2 Å². The molecule has 9 nitrogen and oxygen atoms in total. The van der Waals surface area contributed by atoms with Gasteiger partial charge in [0, 0.05) is 32.2 Å². The highest BCUT2D eigenvalue weighted by atomic mass is 19.4. The molecule has 2 unspecified atom stereocenters. The molecule has 4 rings (SSSR count). The maximum atomic E-state index is 13.3. The SMILES string of the molecule is CC1CCCC(C)C12NC(=O)N(CN1CCN(c3ccc(C(F)(F)F)cc3[N+](=O)[O-])CC1)C2=O. The van der Waals surface area contributed by atoms with Crippen LogP contribution in [0.25, 0.3) is 0 Å². The Morgan fingerprint density at radius 1 is 1.12 bits per heavy atom. The van der Waals surface area contributed by atoms with Crippen LogP contribution in [0.4, 0.5) is 29.3 Å². The number of nitro groups is 1. The summed E-state index contributed by atoms with van der Waals surface area (Å²) in [7, 11) is 0. The van der Waals surface area contributed by atoms with Crippen molar-refractivity contribution in [2.45, 2.75) is 44.8 Å². The van der Waals surface area contributed by atoms with Gasteiger partial charge in [-0.3, -0.25) is 19.8 Å². The molecule has 0 bridgehead atoms. The summed E-state index contributed by atoms with van der Waals surface area (Å²) in [6, 6.07) is 2.12. The first-order valence-corrected chi connectivity index (χ1v) is 11.4. The maximum absolute atomic E-state index is 13.3. The summed E-state index contributed by atoms with van der Waals surface area (Å²) < 4.78 is 39.0. The van der Waals surface area contributed by atoms with Crippen LogP contribution in [0.2, 0.25) is 0 Å². The molecule has 12 heteroatoms. The molecule has 3 amide bonds. The van der Waals surface area contributed by atoms with Gasteiger partial charge in [-0.15, -0.1) is 0 Å². The number of benzene rings is 1. The smallest absolute Gasteiger partial charge is 0.363 e. The fourth-order valence-corrected chi connectivity index (χ4v) is 5.52. The van der Waals surface area contributed by atoms with Gasteiger partial charge in [-0.2, -0.15) is 13.2 Å². The van der Waals surface area contributed by atoms with E-state index in [1.807, 2.05) is 18.7 Å². The van der Waals surface area contributed by atoms with Gasteiger partial charge in [0.2, 0.25) is 0 Å². The number of nitrogens with zero attached hydrogens (tertiary/aromatic N) is 4. The number of nitro benzene ring substituents is 1. The van der Waals surface area contributed by atoms with Crippen LogP contribution in [0.15, 0.2) is 18.2 Å². The summed E-state index contributed by atoms with van der Waals surface area (Å²) >= 11 is 0. The normalized spacial score (nSPS) is 28.5. The number of anilines is 1. The average Bonchev–Trinajstić information content (AvgIpc) is 3.03. The summed E-state index contributed by atoms with van der Waals surface area (Å²) in [5.74, 6) is -0.137. The molecule has 1 aliphatic carbocycles. The van der Waals surface area contributed by atoms with E-state index in [9.17, 15) is 32.9 Å². The van der Waals surface area contributed by atoms with Crippen molar-refractivity contribution in [2.75, 3.05) is 37.7 Å². The van der Waals surface area contributed by atoms with E-state index in [1.54, 1.807) is 4.90 Å². The Kier molecular flexibility index (Phi) is 6.21. The van der Waals surface area contributed by atoms with Crippen LogP contribution in [0.5, 0.6) is 0 Å². The quantitative estimate of drug-likeness (QED) is 0.400. The van der Waals surface area contributed by atoms with Crippen LogP contribution in [0, 0.1) is 22.0 Å². The van der Waals surface area contributed by atoms with Crippen molar-refractivity contribution >= 4 is 23.3 Å². The van der Waals surface area contributed by atoms with Gasteiger partial charge < -0.3 is 10.2 Å². The number of carbonyl (C=O) groups excluding carboxylic acids is 2. The molecule has 2 saturated heterocycles. The first kappa shape index (κ1) is 24.2. The number of piperazine rings is 1. The number of carbonyl (C=O) groups is 2. The zero-order chi connectivity index (χ0) is 24.8. The molecule has 186 valence electrons. The minimum Gasteiger partial charge on any atom is -0.363 e. The third-order valence-corrected chi connectivity index (χ3v) is 7.54. The van der Waals surface area contributed by atoms with Crippen LogP contribution in [0.1, 0.15) is 38.7 Å². The number of alkyl halides is 3. The van der Waals surface area contributed by atoms with Gasteiger partial charge in [0.25, 0.3) is 11.6 Å². The van der Waals surface area contributed by atoms with E-state index in [0.717, 1.165) is 31.4 Å². The van der Waals surface area contributed by atoms with Crippen LogP contribution in [-0.2, 0) is 11.0 Å². The number of nitrogens with one attached hydrogen (secondary N) is 1. The molecular weight excluding hydrogens is 455 g/mol. The second-order valence-corrected chi connectivity index (χ2v) is 9.47. The van der Waals surface area contributed by atoms with E-state index in [-0.39, 0.29) is 30.1 Å². The van der Waals surface area contributed by atoms with Gasteiger partial charge in [0.15, 0.2) is 0 Å². The first-order valence-electron chi connectivity index (χ1n) is 11.4. The van der Waals surface area contributed by atoms with Crippen molar-refractivity contribution in [2.24, 2.45) is 11.8 Å². The molecule has 2 heterocycles. The van der Waals surface area contributed by atoms with Gasteiger partial charge in [-0.25, -0.2) is 9.69 Å². The molecule has 3 fully saturated rings. The Labute approximate surface area is 195 Å². The van der Waals surface area contributed by atoms with Gasteiger partial charge >= 0.3 is 12.2 Å². The molecule has 2 atom stereocenters.